The first-order valence-electron chi connectivity index (χ1n) is 17.8. The van der Waals surface area contributed by atoms with Gasteiger partial charge in [0.15, 0.2) is 0 Å². The smallest absolute Gasteiger partial charge is 0.409 e. The number of nitrogens with zero attached hydrogens (tertiary/aromatic N) is 5. The number of hydrogen-bond acceptors (Lipinski definition) is 8. The summed E-state index contributed by atoms with van der Waals surface area (Å²) in [5.41, 5.74) is 3.22. The number of carbonyl (C=O) groups is 1. The fourth-order valence-electron chi connectivity index (χ4n) is 6.82. The normalized spacial score (nSPS) is 14.7. The van der Waals surface area contributed by atoms with Gasteiger partial charge in [-0.05, 0) is 78.2 Å². The third-order valence-electron chi connectivity index (χ3n) is 9.77. The predicted molar refractivity (Wildman–Crippen MR) is 204 cm³/mol. The molecule has 1 aliphatic rings. The van der Waals surface area contributed by atoms with Gasteiger partial charge in [-0.25, -0.2) is 27.0 Å². The summed E-state index contributed by atoms with van der Waals surface area (Å²) in [6.45, 7) is 2.86. The SMILES string of the molecule is COC(=O)N1CCO[C@@H](Cc2c(-c3c(F)cc(-n4ccc(S(=O)(=O)N(Cc5ccc(OC)cc5)Cc5ccc(OC)cc5)c4)cc3F)nc3cc(C)ccn23)C1. The van der Waals surface area contributed by atoms with E-state index >= 15 is 8.78 Å². The van der Waals surface area contributed by atoms with E-state index in [0.29, 0.717) is 29.4 Å². The molecule has 15 heteroatoms. The Morgan fingerprint density at radius 2 is 1.52 bits per heavy atom. The number of ether oxygens (including phenoxy) is 4. The Bertz CT molecular complexity index is 2400. The number of methoxy groups -OCH3 is 3. The second-order valence-electron chi connectivity index (χ2n) is 13.5. The van der Waals surface area contributed by atoms with Crippen LogP contribution in [-0.2, 0) is 39.0 Å². The third kappa shape index (κ3) is 7.96. The lowest BCUT2D eigenvalue weighted by molar-refractivity contribution is -0.0241. The van der Waals surface area contributed by atoms with Gasteiger partial charge in [0.05, 0.1) is 63.2 Å². The fourth-order valence-corrected chi connectivity index (χ4v) is 8.23. The van der Waals surface area contributed by atoms with Crippen LogP contribution in [0.25, 0.3) is 22.6 Å². The zero-order chi connectivity index (χ0) is 39.6. The average Bonchev–Trinajstić information content (AvgIpc) is 3.84. The molecular weight excluding hydrogens is 745 g/mol. The molecule has 0 spiro atoms. The number of amides is 1. The molecule has 0 aliphatic carbocycles. The van der Waals surface area contributed by atoms with Gasteiger partial charge in [0.1, 0.15) is 33.7 Å². The molecule has 0 saturated carbocycles. The number of pyridine rings is 1. The third-order valence-corrected chi connectivity index (χ3v) is 11.5. The van der Waals surface area contributed by atoms with Crippen LogP contribution in [0.2, 0.25) is 0 Å². The lowest BCUT2D eigenvalue weighted by Gasteiger charge is -2.32. The van der Waals surface area contributed by atoms with E-state index in [1.54, 1.807) is 73.3 Å². The van der Waals surface area contributed by atoms with E-state index in [0.717, 1.165) is 28.8 Å². The first kappa shape index (κ1) is 38.5. The number of halogens is 2. The topological polar surface area (TPSA) is 117 Å². The first-order chi connectivity index (χ1) is 27.0. The van der Waals surface area contributed by atoms with Crippen molar-refractivity contribution in [1.82, 2.24) is 23.2 Å². The molecule has 3 aromatic heterocycles. The zero-order valence-electron chi connectivity index (χ0n) is 31.3. The summed E-state index contributed by atoms with van der Waals surface area (Å²) in [6.07, 6.45) is 3.81. The molecule has 0 bridgehead atoms. The Kier molecular flexibility index (Phi) is 11.1. The summed E-state index contributed by atoms with van der Waals surface area (Å²) in [5, 5.41) is 0. The van der Waals surface area contributed by atoms with E-state index in [1.165, 1.54) is 39.3 Å². The number of aromatic nitrogens is 3. The van der Waals surface area contributed by atoms with Crippen LogP contribution in [0.4, 0.5) is 13.6 Å². The Hall–Kier alpha value is -5.77. The number of morpholine rings is 1. The lowest BCUT2D eigenvalue weighted by atomic mass is 10.0. The minimum atomic E-state index is -4.13. The number of hydrogen-bond donors (Lipinski definition) is 0. The van der Waals surface area contributed by atoms with Gasteiger partial charge in [0, 0.05) is 44.6 Å². The van der Waals surface area contributed by atoms with E-state index in [-0.39, 0.29) is 54.5 Å². The summed E-state index contributed by atoms with van der Waals surface area (Å²) in [5.74, 6) is -0.501. The quantitative estimate of drug-likeness (QED) is 0.133. The van der Waals surface area contributed by atoms with Crippen molar-refractivity contribution in [2.45, 2.75) is 37.4 Å². The van der Waals surface area contributed by atoms with Gasteiger partial charge in [-0.3, -0.25) is 0 Å². The summed E-state index contributed by atoms with van der Waals surface area (Å²) in [7, 11) is 0.286. The molecule has 1 saturated heterocycles. The zero-order valence-corrected chi connectivity index (χ0v) is 32.1. The number of imidazole rings is 1. The molecule has 0 radical (unpaired) electrons. The summed E-state index contributed by atoms with van der Waals surface area (Å²) >= 11 is 0. The number of aryl methyl sites for hydroxylation is 1. The van der Waals surface area contributed by atoms with Crippen LogP contribution in [0, 0.1) is 18.6 Å². The molecule has 1 aliphatic heterocycles. The largest absolute Gasteiger partial charge is 0.497 e. The number of fused-ring (bicyclic) bond motifs is 1. The van der Waals surface area contributed by atoms with E-state index in [9.17, 15) is 13.2 Å². The second-order valence-corrected chi connectivity index (χ2v) is 15.4. The molecular formula is C41H41F2N5O7S. The molecule has 292 valence electrons. The van der Waals surface area contributed by atoms with Gasteiger partial charge in [-0.2, -0.15) is 4.31 Å². The Morgan fingerprint density at radius 3 is 2.11 bits per heavy atom. The summed E-state index contributed by atoms with van der Waals surface area (Å²) in [4.78, 5) is 18.4. The molecule has 12 nitrogen and oxygen atoms in total. The van der Waals surface area contributed by atoms with Crippen molar-refractivity contribution >= 4 is 21.8 Å². The van der Waals surface area contributed by atoms with Crippen molar-refractivity contribution < 1.29 is 40.9 Å². The van der Waals surface area contributed by atoms with Gasteiger partial charge in [-0.15, -0.1) is 0 Å². The molecule has 3 aromatic carbocycles. The van der Waals surface area contributed by atoms with Crippen LogP contribution in [-0.4, -0.2) is 84.8 Å². The molecule has 56 heavy (non-hydrogen) atoms. The lowest BCUT2D eigenvalue weighted by Crippen LogP contribution is -2.46. The standard InChI is InChI=1S/C41H41F2N5O7S/c1-27-13-16-48-37(22-33-25-46(17-18-55-33)41(49)54-4)40(44-38(48)19-27)39-35(42)20-30(21-36(39)43)45-15-14-34(26-45)56(50,51)47(23-28-5-9-31(52-2)10-6-28)24-29-7-11-32(53-3)12-8-29/h5-16,19-21,26,33H,17-18,22-25H2,1-4H3/t33-/m0/s1. The molecule has 1 atom stereocenters. The molecule has 6 aromatic rings. The molecule has 0 N–H and O–H groups in total. The Morgan fingerprint density at radius 1 is 0.893 bits per heavy atom. The number of benzene rings is 3. The Labute approximate surface area is 323 Å². The van der Waals surface area contributed by atoms with E-state index in [2.05, 4.69) is 4.98 Å². The van der Waals surface area contributed by atoms with Crippen molar-refractivity contribution in [2.24, 2.45) is 0 Å². The highest BCUT2D eigenvalue weighted by Crippen LogP contribution is 2.34. The van der Waals surface area contributed by atoms with Crippen LogP contribution in [0.3, 0.4) is 0 Å². The second kappa shape index (κ2) is 16.1. The monoisotopic (exact) mass is 785 g/mol. The van der Waals surface area contributed by atoms with Crippen molar-refractivity contribution in [1.29, 1.82) is 0 Å². The van der Waals surface area contributed by atoms with Crippen molar-refractivity contribution in [2.75, 3.05) is 41.0 Å². The maximum atomic E-state index is 16.3. The van der Waals surface area contributed by atoms with Crippen LogP contribution in [0.15, 0.2) is 102 Å². The maximum Gasteiger partial charge on any atom is 0.409 e. The maximum absolute atomic E-state index is 16.3. The fraction of sp³-hybridized carbons (Fsp3) is 0.268. The van der Waals surface area contributed by atoms with E-state index < -0.39 is 33.9 Å². The van der Waals surface area contributed by atoms with E-state index in [1.807, 2.05) is 19.1 Å². The molecule has 0 unspecified atom stereocenters. The molecule has 7 rings (SSSR count). The van der Waals surface area contributed by atoms with E-state index in [4.69, 9.17) is 18.9 Å². The number of rotatable bonds is 12. The van der Waals surface area contributed by atoms with Gasteiger partial charge in [0.25, 0.3) is 0 Å². The highest BCUT2D eigenvalue weighted by Gasteiger charge is 2.30. The molecule has 4 heterocycles. The van der Waals surface area contributed by atoms with Crippen LogP contribution >= 0.6 is 0 Å². The summed E-state index contributed by atoms with van der Waals surface area (Å²) in [6, 6.07) is 21.6. The minimum Gasteiger partial charge on any atom is -0.497 e. The molecule has 1 fully saturated rings. The highest BCUT2D eigenvalue weighted by molar-refractivity contribution is 7.89. The highest BCUT2D eigenvalue weighted by atomic mass is 32.2. The van der Waals surface area contributed by atoms with Crippen molar-refractivity contribution in [3.8, 4) is 28.4 Å². The van der Waals surface area contributed by atoms with Gasteiger partial charge >= 0.3 is 6.09 Å². The van der Waals surface area contributed by atoms with Crippen molar-refractivity contribution in [3.63, 3.8) is 0 Å². The number of carbonyl (C=O) groups excluding carboxylic acids is 1. The van der Waals surface area contributed by atoms with Crippen LogP contribution < -0.4 is 9.47 Å². The first-order valence-corrected chi connectivity index (χ1v) is 19.3. The predicted octanol–water partition coefficient (Wildman–Crippen LogP) is 6.80. The van der Waals surface area contributed by atoms with Gasteiger partial charge in [0.2, 0.25) is 10.0 Å². The van der Waals surface area contributed by atoms with Crippen molar-refractivity contribution in [3.05, 3.63) is 131 Å². The van der Waals surface area contributed by atoms with Crippen LogP contribution in [0.5, 0.6) is 11.5 Å². The minimum absolute atomic E-state index is 0.0506. The molecule has 1 amide bonds. The van der Waals surface area contributed by atoms with Crippen LogP contribution in [0.1, 0.15) is 22.4 Å². The average molecular weight is 786 g/mol. The van der Waals surface area contributed by atoms with Gasteiger partial charge in [-0.1, -0.05) is 24.3 Å². The Balaban J connectivity index is 1.20. The number of sulfonamides is 1. The summed E-state index contributed by atoms with van der Waals surface area (Å²) < 4.78 is 86.9. The van der Waals surface area contributed by atoms with Gasteiger partial charge < -0.3 is 32.8 Å².